The highest BCUT2D eigenvalue weighted by atomic mass is 15.3. The number of aromatic nitrogens is 2. The molecule has 4 nitrogen and oxygen atoms in total. The molecule has 1 atom stereocenters. The Balaban J connectivity index is 2.23. The zero-order valence-electron chi connectivity index (χ0n) is 12.1. The van der Waals surface area contributed by atoms with Crippen LogP contribution in [0, 0.1) is 13.8 Å². The van der Waals surface area contributed by atoms with Gasteiger partial charge in [0.2, 0.25) is 0 Å². The van der Waals surface area contributed by atoms with Crippen LogP contribution in [0.4, 0.5) is 11.5 Å². The molecule has 1 unspecified atom stereocenters. The number of aryl methyl sites for hydroxylation is 3. The highest BCUT2D eigenvalue weighted by Crippen LogP contribution is 2.26. The lowest BCUT2D eigenvalue weighted by atomic mass is 10.1. The maximum Gasteiger partial charge on any atom is 0.148 e. The van der Waals surface area contributed by atoms with Gasteiger partial charge in [-0.2, -0.15) is 5.10 Å². The summed E-state index contributed by atoms with van der Waals surface area (Å²) in [7, 11) is 0. The molecular formula is C15H22N4. The van der Waals surface area contributed by atoms with E-state index >= 15 is 0 Å². The molecule has 0 aliphatic carbocycles. The molecule has 1 heterocycles. The molecule has 1 aromatic carbocycles. The summed E-state index contributed by atoms with van der Waals surface area (Å²) in [6.07, 6.45) is 0. The lowest BCUT2D eigenvalue weighted by Gasteiger charge is -2.17. The van der Waals surface area contributed by atoms with E-state index in [1.54, 1.807) is 0 Å². The summed E-state index contributed by atoms with van der Waals surface area (Å²) < 4.78 is 1.91. The van der Waals surface area contributed by atoms with Crippen LogP contribution in [0.1, 0.15) is 36.7 Å². The third-order valence-corrected chi connectivity index (χ3v) is 3.40. The first-order valence-corrected chi connectivity index (χ1v) is 6.69. The summed E-state index contributed by atoms with van der Waals surface area (Å²) in [5.74, 6) is 0.910. The first-order valence-electron chi connectivity index (χ1n) is 6.69. The molecule has 0 saturated carbocycles. The monoisotopic (exact) mass is 258 g/mol. The first-order chi connectivity index (χ1) is 9.02. The molecule has 2 rings (SSSR count). The minimum absolute atomic E-state index is 0.198. The third kappa shape index (κ3) is 2.72. The smallest absolute Gasteiger partial charge is 0.148 e. The van der Waals surface area contributed by atoms with Gasteiger partial charge in [-0.3, -0.25) is 0 Å². The van der Waals surface area contributed by atoms with Crippen LogP contribution >= 0.6 is 0 Å². The molecule has 0 fully saturated rings. The topological polar surface area (TPSA) is 55.9 Å². The summed E-state index contributed by atoms with van der Waals surface area (Å²) in [5.41, 5.74) is 10.2. The number of nitrogen functional groups attached to an aromatic ring is 1. The Labute approximate surface area is 114 Å². The van der Waals surface area contributed by atoms with Crippen LogP contribution in [-0.4, -0.2) is 9.78 Å². The van der Waals surface area contributed by atoms with Crippen molar-refractivity contribution in [1.82, 2.24) is 9.78 Å². The van der Waals surface area contributed by atoms with Gasteiger partial charge in [-0.15, -0.1) is 0 Å². The van der Waals surface area contributed by atoms with Gasteiger partial charge < -0.3 is 11.1 Å². The van der Waals surface area contributed by atoms with E-state index in [1.165, 1.54) is 11.1 Å². The number of anilines is 2. The summed E-state index contributed by atoms with van der Waals surface area (Å²) in [6, 6.07) is 8.73. The fourth-order valence-electron chi connectivity index (χ4n) is 2.12. The Bertz CT molecular complexity index is 554. The van der Waals surface area contributed by atoms with E-state index in [0.717, 1.165) is 23.7 Å². The van der Waals surface area contributed by atoms with E-state index in [-0.39, 0.29) is 6.04 Å². The lowest BCUT2D eigenvalue weighted by molar-refractivity contribution is 0.651. The van der Waals surface area contributed by atoms with Gasteiger partial charge >= 0.3 is 0 Å². The quantitative estimate of drug-likeness (QED) is 0.885. The number of hydrogen-bond acceptors (Lipinski definition) is 3. The predicted molar refractivity (Wildman–Crippen MR) is 80.3 cm³/mol. The average molecular weight is 258 g/mol. The van der Waals surface area contributed by atoms with E-state index in [9.17, 15) is 0 Å². The molecule has 0 aliphatic rings. The van der Waals surface area contributed by atoms with E-state index < -0.39 is 0 Å². The molecule has 0 amide bonds. The highest BCUT2D eigenvalue weighted by molar-refractivity contribution is 5.65. The number of nitrogens with two attached hydrogens (primary N) is 1. The highest BCUT2D eigenvalue weighted by Gasteiger charge is 2.14. The second-order valence-corrected chi connectivity index (χ2v) is 4.94. The number of hydrogen-bond donors (Lipinski definition) is 2. The molecule has 1 aromatic heterocycles. The Morgan fingerprint density at radius 2 is 1.89 bits per heavy atom. The summed E-state index contributed by atoms with van der Waals surface area (Å²) >= 11 is 0. The summed E-state index contributed by atoms with van der Waals surface area (Å²) in [6.45, 7) is 9.03. The van der Waals surface area contributed by atoms with Crippen molar-refractivity contribution in [3.63, 3.8) is 0 Å². The van der Waals surface area contributed by atoms with Crippen molar-refractivity contribution in [2.45, 2.75) is 40.3 Å². The molecule has 102 valence electrons. The van der Waals surface area contributed by atoms with Gasteiger partial charge in [0.15, 0.2) is 0 Å². The number of benzene rings is 1. The molecule has 3 N–H and O–H groups in total. The lowest BCUT2D eigenvalue weighted by Crippen LogP contribution is -2.12. The Morgan fingerprint density at radius 3 is 2.47 bits per heavy atom. The molecule has 2 aromatic rings. The van der Waals surface area contributed by atoms with Crippen LogP contribution in [0.2, 0.25) is 0 Å². The van der Waals surface area contributed by atoms with E-state index in [1.807, 2.05) is 11.6 Å². The van der Waals surface area contributed by atoms with Gasteiger partial charge in [0.25, 0.3) is 0 Å². The normalized spacial score (nSPS) is 12.4. The zero-order valence-corrected chi connectivity index (χ0v) is 12.1. The number of nitrogens with zero attached hydrogens (tertiary/aromatic N) is 2. The van der Waals surface area contributed by atoms with E-state index in [2.05, 4.69) is 55.5 Å². The molecule has 4 heteroatoms. The van der Waals surface area contributed by atoms with Gasteiger partial charge in [-0.1, -0.05) is 29.8 Å². The van der Waals surface area contributed by atoms with Gasteiger partial charge in [-0.05, 0) is 33.3 Å². The fraction of sp³-hybridized carbons (Fsp3) is 0.400. The van der Waals surface area contributed by atoms with Crippen molar-refractivity contribution in [3.8, 4) is 0 Å². The number of rotatable bonds is 4. The minimum Gasteiger partial charge on any atom is -0.394 e. The van der Waals surface area contributed by atoms with Crippen LogP contribution in [0.25, 0.3) is 0 Å². The molecule has 0 saturated heterocycles. The van der Waals surface area contributed by atoms with Crippen molar-refractivity contribution >= 4 is 11.5 Å². The first kappa shape index (κ1) is 13.5. The maximum absolute atomic E-state index is 6.08. The van der Waals surface area contributed by atoms with E-state index in [0.29, 0.717) is 0 Å². The molecule has 0 aliphatic heterocycles. The van der Waals surface area contributed by atoms with E-state index in [4.69, 9.17) is 5.73 Å². The van der Waals surface area contributed by atoms with Crippen molar-refractivity contribution in [2.24, 2.45) is 0 Å². The van der Waals surface area contributed by atoms with Crippen molar-refractivity contribution < 1.29 is 0 Å². The standard InChI is InChI=1S/C15H22N4/c1-5-19-15(14(16)12(4)18-19)17-11(3)13-8-6-10(2)7-9-13/h6-9,11,17H,5,16H2,1-4H3. The van der Waals surface area contributed by atoms with Crippen molar-refractivity contribution in [3.05, 3.63) is 41.1 Å². The fourth-order valence-corrected chi connectivity index (χ4v) is 2.12. The SMILES string of the molecule is CCn1nc(C)c(N)c1NC(C)c1ccc(C)cc1. The van der Waals surface area contributed by atoms with Crippen LogP contribution in [0.3, 0.4) is 0 Å². The largest absolute Gasteiger partial charge is 0.394 e. The second kappa shape index (κ2) is 5.34. The van der Waals surface area contributed by atoms with Gasteiger partial charge in [0, 0.05) is 6.54 Å². The molecule has 0 spiro atoms. The number of nitrogens with one attached hydrogen (secondary N) is 1. The Hall–Kier alpha value is -1.97. The van der Waals surface area contributed by atoms with Gasteiger partial charge in [-0.25, -0.2) is 4.68 Å². The average Bonchev–Trinajstić information content (AvgIpc) is 2.67. The van der Waals surface area contributed by atoms with Crippen molar-refractivity contribution in [1.29, 1.82) is 0 Å². The maximum atomic E-state index is 6.08. The van der Waals surface area contributed by atoms with Crippen molar-refractivity contribution in [2.75, 3.05) is 11.1 Å². The minimum atomic E-state index is 0.198. The molecule has 19 heavy (non-hydrogen) atoms. The Morgan fingerprint density at radius 1 is 1.26 bits per heavy atom. The Kier molecular flexibility index (Phi) is 3.79. The van der Waals surface area contributed by atoms with Crippen LogP contribution in [-0.2, 0) is 6.54 Å². The third-order valence-electron chi connectivity index (χ3n) is 3.40. The molecule has 0 radical (unpaired) electrons. The molecular weight excluding hydrogens is 236 g/mol. The second-order valence-electron chi connectivity index (χ2n) is 4.94. The van der Waals surface area contributed by atoms with Crippen LogP contribution in [0.15, 0.2) is 24.3 Å². The van der Waals surface area contributed by atoms with Crippen LogP contribution < -0.4 is 11.1 Å². The van der Waals surface area contributed by atoms with Gasteiger partial charge in [0.05, 0.1) is 17.4 Å². The summed E-state index contributed by atoms with van der Waals surface area (Å²) in [4.78, 5) is 0. The van der Waals surface area contributed by atoms with Gasteiger partial charge in [0.1, 0.15) is 5.82 Å². The predicted octanol–water partition coefficient (Wildman–Crippen LogP) is 3.28. The molecule has 0 bridgehead atoms. The summed E-state index contributed by atoms with van der Waals surface area (Å²) in [5, 5.41) is 7.88. The zero-order chi connectivity index (χ0) is 14.0. The van der Waals surface area contributed by atoms with Crippen LogP contribution in [0.5, 0.6) is 0 Å².